The molecule has 156 valence electrons. The fourth-order valence-corrected chi connectivity index (χ4v) is 3.82. The molecule has 0 aliphatic carbocycles. The summed E-state index contributed by atoms with van der Waals surface area (Å²) in [6.45, 7) is 1.30. The summed E-state index contributed by atoms with van der Waals surface area (Å²) in [5.41, 5.74) is 3.30. The summed E-state index contributed by atoms with van der Waals surface area (Å²) < 4.78 is 36.6. The largest absolute Gasteiger partial charge is 0.504 e. The fourth-order valence-electron chi connectivity index (χ4n) is 2.46. The topological polar surface area (TPSA) is 118 Å². The zero-order chi connectivity index (χ0) is 21.6. The number of hydrogen-bond donors (Lipinski definition) is 2. The number of rotatable bonds is 8. The number of aryl methyl sites for hydroxylation is 1. The van der Waals surface area contributed by atoms with Crippen LogP contribution in [0.3, 0.4) is 0 Å². The zero-order valence-corrected chi connectivity index (χ0v) is 17.4. The van der Waals surface area contributed by atoms with E-state index >= 15 is 0 Å². The number of para-hydroxylation sites is 1. The minimum absolute atomic E-state index is 0.0277. The molecule has 29 heavy (non-hydrogen) atoms. The second kappa shape index (κ2) is 9.39. The molecule has 0 heterocycles. The number of methoxy groups -OCH3 is 2. The fraction of sp³-hybridized carbons (Fsp3) is 0.263. The van der Waals surface area contributed by atoms with Crippen LogP contribution in [0.2, 0.25) is 0 Å². The van der Waals surface area contributed by atoms with Crippen molar-refractivity contribution < 1.29 is 27.8 Å². The quantitative estimate of drug-likeness (QED) is 0.493. The van der Waals surface area contributed by atoms with Gasteiger partial charge < -0.3 is 14.6 Å². The number of hydrogen-bond acceptors (Lipinski definition) is 7. The third kappa shape index (κ3) is 5.24. The van der Waals surface area contributed by atoms with Crippen LogP contribution in [-0.4, -0.2) is 57.8 Å². The molecule has 0 saturated carbocycles. The van der Waals surface area contributed by atoms with E-state index in [9.17, 15) is 18.3 Å². The maximum absolute atomic E-state index is 12.8. The van der Waals surface area contributed by atoms with Gasteiger partial charge in [0.05, 0.1) is 27.0 Å². The van der Waals surface area contributed by atoms with Crippen molar-refractivity contribution in [3.05, 3.63) is 47.5 Å². The lowest BCUT2D eigenvalue weighted by atomic mass is 10.2. The Morgan fingerprint density at radius 2 is 1.90 bits per heavy atom. The number of sulfonamides is 1. The average Bonchev–Trinajstić information content (AvgIpc) is 2.69. The second-order valence-corrected chi connectivity index (χ2v) is 8.12. The van der Waals surface area contributed by atoms with E-state index in [-0.39, 0.29) is 22.1 Å². The number of benzene rings is 2. The molecule has 0 fully saturated rings. The summed E-state index contributed by atoms with van der Waals surface area (Å²) in [6.07, 6.45) is 1.23. The van der Waals surface area contributed by atoms with Crippen molar-refractivity contribution in [3.63, 3.8) is 0 Å². The normalized spacial score (nSPS) is 11.6. The molecule has 1 amide bonds. The summed E-state index contributed by atoms with van der Waals surface area (Å²) in [4.78, 5) is 12.1. The van der Waals surface area contributed by atoms with Gasteiger partial charge in [0, 0.05) is 12.6 Å². The summed E-state index contributed by atoms with van der Waals surface area (Å²) in [7, 11) is 0.121. The van der Waals surface area contributed by atoms with E-state index in [0.717, 1.165) is 9.87 Å². The summed E-state index contributed by atoms with van der Waals surface area (Å²) in [5.74, 6) is -0.326. The minimum Gasteiger partial charge on any atom is -0.504 e. The molecule has 0 spiro atoms. The maximum Gasteiger partial charge on any atom is 0.255 e. The van der Waals surface area contributed by atoms with E-state index < -0.39 is 22.5 Å². The number of hydrazone groups is 1. The standard InChI is InChI=1S/C19H23N3O6S/c1-13-8-9-15(27-3)17(10-13)29(25,26)22(2)12-18(23)21-20-11-14-6-5-7-16(28-4)19(14)24/h5-11,24H,12H2,1-4H3,(H,21,23)/b20-11+. The van der Waals surface area contributed by atoms with E-state index in [0.29, 0.717) is 5.56 Å². The van der Waals surface area contributed by atoms with Crippen molar-refractivity contribution in [2.75, 3.05) is 27.8 Å². The Balaban J connectivity index is 2.08. The molecule has 2 aromatic carbocycles. The van der Waals surface area contributed by atoms with E-state index in [1.165, 1.54) is 33.5 Å². The van der Waals surface area contributed by atoms with Gasteiger partial charge in [-0.3, -0.25) is 4.79 Å². The van der Waals surface area contributed by atoms with Gasteiger partial charge in [0.2, 0.25) is 10.0 Å². The third-order valence-corrected chi connectivity index (χ3v) is 5.84. The van der Waals surface area contributed by atoms with E-state index in [4.69, 9.17) is 9.47 Å². The molecule has 0 radical (unpaired) electrons. The molecular formula is C19H23N3O6S. The number of nitrogens with one attached hydrogen (secondary N) is 1. The summed E-state index contributed by atoms with van der Waals surface area (Å²) in [6, 6.07) is 9.57. The van der Waals surface area contributed by atoms with Gasteiger partial charge in [0.15, 0.2) is 11.5 Å². The first kappa shape index (κ1) is 22.2. The monoisotopic (exact) mass is 421 g/mol. The number of phenolic OH excluding ortho intramolecular Hbond substituents is 1. The SMILES string of the molecule is COc1ccc(C)cc1S(=O)(=O)N(C)CC(=O)N/N=C/c1cccc(OC)c1O. The number of carbonyl (C=O) groups excluding carboxylic acids is 1. The van der Waals surface area contributed by atoms with Gasteiger partial charge in [-0.15, -0.1) is 0 Å². The highest BCUT2D eigenvalue weighted by atomic mass is 32.2. The lowest BCUT2D eigenvalue weighted by molar-refractivity contribution is -0.121. The Bertz CT molecular complexity index is 1020. The van der Waals surface area contributed by atoms with Crippen molar-refractivity contribution in [2.45, 2.75) is 11.8 Å². The Kier molecular flexibility index (Phi) is 7.18. The molecule has 2 rings (SSSR count). The van der Waals surface area contributed by atoms with Crippen LogP contribution in [0.4, 0.5) is 0 Å². The van der Waals surface area contributed by atoms with Gasteiger partial charge in [0.25, 0.3) is 5.91 Å². The van der Waals surface area contributed by atoms with Gasteiger partial charge in [0.1, 0.15) is 10.6 Å². The molecule has 0 aliphatic heterocycles. The van der Waals surface area contributed by atoms with Crippen LogP contribution >= 0.6 is 0 Å². The number of ether oxygens (including phenoxy) is 2. The molecule has 2 aromatic rings. The second-order valence-electron chi connectivity index (χ2n) is 6.11. The Hall–Kier alpha value is -3.11. The van der Waals surface area contributed by atoms with Crippen LogP contribution in [0.25, 0.3) is 0 Å². The highest BCUT2D eigenvalue weighted by Gasteiger charge is 2.26. The van der Waals surface area contributed by atoms with E-state index in [2.05, 4.69) is 10.5 Å². The first-order valence-electron chi connectivity index (χ1n) is 8.49. The van der Waals surface area contributed by atoms with Gasteiger partial charge in [-0.25, -0.2) is 13.8 Å². The highest BCUT2D eigenvalue weighted by molar-refractivity contribution is 7.89. The minimum atomic E-state index is -3.95. The lowest BCUT2D eigenvalue weighted by Gasteiger charge is -2.18. The molecule has 0 saturated heterocycles. The van der Waals surface area contributed by atoms with Gasteiger partial charge in [-0.2, -0.15) is 9.41 Å². The summed E-state index contributed by atoms with van der Waals surface area (Å²) >= 11 is 0. The highest BCUT2D eigenvalue weighted by Crippen LogP contribution is 2.28. The molecule has 0 aliphatic rings. The van der Waals surface area contributed by atoms with Gasteiger partial charge in [-0.1, -0.05) is 12.1 Å². The van der Waals surface area contributed by atoms with Crippen molar-refractivity contribution in [2.24, 2.45) is 5.10 Å². The Labute approximate surface area is 169 Å². The van der Waals surface area contributed by atoms with Crippen LogP contribution in [0, 0.1) is 6.92 Å². The van der Waals surface area contributed by atoms with Crippen LogP contribution < -0.4 is 14.9 Å². The average molecular weight is 421 g/mol. The van der Waals surface area contributed by atoms with Crippen LogP contribution in [0.5, 0.6) is 17.2 Å². The number of carbonyl (C=O) groups is 1. The van der Waals surface area contributed by atoms with Gasteiger partial charge in [-0.05, 0) is 36.8 Å². The first-order chi connectivity index (χ1) is 13.7. The van der Waals surface area contributed by atoms with Crippen LogP contribution in [0.15, 0.2) is 46.4 Å². The van der Waals surface area contributed by atoms with Gasteiger partial charge >= 0.3 is 0 Å². The molecule has 0 atom stereocenters. The molecule has 0 unspecified atom stereocenters. The zero-order valence-electron chi connectivity index (χ0n) is 16.5. The van der Waals surface area contributed by atoms with Crippen molar-refractivity contribution >= 4 is 22.1 Å². The Morgan fingerprint density at radius 3 is 2.55 bits per heavy atom. The van der Waals surface area contributed by atoms with E-state index in [1.807, 2.05) is 0 Å². The van der Waals surface area contributed by atoms with Crippen molar-refractivity contribution in [3.8, 4) is 17.2 Å². The number of phenols is 1. The van der Waals surface area contributed by atoms with Crippen molar-refractivity contribution in [1.29, 1.82) is 0 Å². The number of amides is 1. The molecule has 10 heteroatoms. The number of nitrogens with zero attached hydrogens (tertiary/aromatic N) is 2. The molecule has 0 aromatic heterocycles. The van der Waals surface area contributed by atoms with E-state index in [1.54, 1.807) is 37.3 Å². The molecule has 0 bridgehead atoms. The van der Waals surface area contributed by atoms with Crippen molar-refractivity contribution in [1.82, 2.24) is 9.73 Å². The first-order valence-corrected chi connectivity index (χ1v) is 9.93. The van der Waals surface area contributed by atoms with Crippen LogP contribution in [-0.2, 0) is 14.8 Å². The number of likely N-dealkylation sites (N-methyl/N-ethyl adjacent to an activating group) is 1. The molecular weight excluding hydrogens is 398 g/mol. The molecule has 9 nitrogen and oxygen atoms in total. The summed E-state index contributed by atoms with van der Waals surface area (Å²) in [5, 5.41) is 13.7. The third-order valence-electron chi connectivity index (χ3n) is 4.02. The maximum atomic E-state index is 12.8. The number of aromatic hydroxyl groups is 1. The predicted octanol–water partition coefficient (Wildman–Crippen LogP) is 1.49. The lowest BCUT2D eigenvalue weighted by Crippen LogP contribution is -2.36. The predicted molar refractivity (Wildman–Crippen MR) is 108 cm³/mol. The Morgan fingerprint density at radius 1 is 1.21 bits per heavy atom. The molecule has 2 N–H and O–H groups in total. The smallest absolute Gasteiger partial charge is 0.255 e. The van der Waals surface area contributed by atoms with Crippen LogP contribution in [0.1, 0.15) is 11.1 Å².